The smallest absolute Gasteiger partial charge is 0.0728 e. The molecule has 0 bridgehead atoms. The Balaban J connectivity index is 1.75. The highest BCUT2D eigenvalue weighted by Crippen LogP contribution is 2.44. The van der Waals surface area contributed by atoms with Crippen molar-refractivity contribution in [3.8, 4) is 0 Å². The second kappa shape index (κ2) is 16.6. The molecule has 2 nitrogen and oxygen atoms in total. The highest BCUT2D eigenvalue weighted by atomic mass is 16.3. The SMILES string of the molecule is CC1=C[C@H](O)CC(C)(C)[C@H]1CC/C(C)=C/CC/C(C)=C/C=C/C=C(\C)CC/C=C(C)/C=C/C1=C(C)C[C@H](O)CC1(C)C. The van der Waals surface area contributed by atoms with Crippen LogP contribution in [0, 0.1) is 16.7 Å². The minimum Gasteiger partial charge on any atom is -0.393 e. The lowest BCUT2D eigenvalue weighted by Gasteiger charge is -2.40. The summed E-state index contributed by atoms with van der Waals surface area (Å²) in [6.07, 6.45) is 28.7. The first-order valence-electron chi connectivity index (χ1n) is 16.4. The van der Waals surface area contributed by atoms with E-state index < -0.39 is 0 Å². The molecule has 0 fully saturated rings. The quantitative estimate of drug-likeness (QED) is 0.170. The Kier molecular flexibility index (Phi) is 14.3. The summed E-state index contributed by atoms with van der Waals surface area (Å²) >= 11 is 0. The van der Waals surface area contributed by atoms with Crippen LogP contribution >= 0.6 is 0 Å². The molecule has 0 unspecified atom stereocenters. The zero-order valence-corrected chi connectivity index (χ0v) is 28.7. The van der Waals surface area contributed by atoms with Gasteiger partial charge in [-0.05, 0) is 122 Å². The molecule has 0 aromatic rings. The maximum Gasteiger partial charge on any atom is 0.0728 e. The molecule has 0 aromatic carbocycles. The van der Waals surface area contributed by atoms with Crippen molar-refractivity contribution < 1.29 is 10.2 Å². The lowest BCUT2D eigenvalue weighted by Crippen LogP contribution is -2.33. The van der Waals surface area contributed by atoms with E-state index in [1.165, 1.54) is 45.4 Å². The second-order valence-electron chi connectivity index (χ2n) is 14.7. The summed E-state index contributed by atoms with van der Waals surface area (Å²) in [7, 11) is 0. The van der Waals surface area contributed by atoms with Crippen LogP contribution in [0.15, 0.2) is 93.7 Å². The molecule has 0 aromatic heterocycles. The van der Waals surface area contributed by atoms with Gasteiger partial charge >= 0.3 is 0 Å². The second-order valence-corrected chi connectivity index (χ2v) is 14.7. The summed E-state index contributed by atoms with van der Waals surface area (Å²) in [6, 6.07) is 0. The van der Waals surface area contributed by atoms with Gasteiger partial charge in [-0.2, -0.15) is 0 Å². The minimum absolute atomic E-state index is 0.0301. The fourth-order valence-electron chi connectivity index (χ4n) is 7.01. The Morgan fingerprint density at radius 3 is 2.00 bits per heavy atom. The van der Waals surface area contributed by atoms with Gasteiger partial charge in [0.05, 0.1) is 12.2 Å². The summed E-state index contributed by atoms with van der Waals surface area (Å²) in [5.41, 5.74) is 9.83. The first-order chi connectivity index (χ1) is 19.6. The zero-order chi connectivity index (χ0) is 31.5. The van der Waals surface area contributed by atoms with E-state index in [1.807, 2.05) is 0 Å². The third-order valence-electron chi connectivity index (χ3n) is 9.41. The summed E-state index contributed by atoms with van der Waals surface area (Å²) in [6.45, 7) is 22.3. The molecule has 0 spiro atoms. The normalized spacial score (nSPS) is 26.0. The summed E-state index contributed by atoms with van der Waals surface area (Å²) in [5, 5.41) is 20.2. The predicted molar refractivity (Wildman–Crippen MR) is 184 cm³/mol. The molecule has 2 heteroatoms. The van der Waals surface area contributed by atoms with Gasteiger partial charge < -0.3 is 10.2 Å². The van der Waals surface area contributed by atoms with Crippen molar-refractivity contribution in [3.63, 3.8) is 0 Å². The Bertz CT molecular complexity index is 1140. The summed E-state index contributed by atoms with van der Waals surface area (Å²) in [5.74, 6) is 0.557. The Morgan fingerprint density at radius 1 is 0.833 bits per heavy atom. The molecule has 0 heterocycles. The topological polar surface area (TPSA) is 40.5 Å². The van der Waals surface area contributed by atoms with Crippen molar-refractivity contribution in [2.24, 2.45) is 16.7 Å². The van der Waals surface area contributed by atoms with Gasteiger partial charge in [-0.25, -0.2) is 0 Å². The number of hydrogen-bond acceptors (Lipinski definition) is 2. The molecule has 2 N–H and O–H groups in total. The first kappa shape index (κ1) is 36.0. The zero-order valence-electron chi connectivity index (χ0n) is 28.7. The van der Waals surface area contributed by atoms with Crippen molar-refractivity contribution >= 4 is 0 Å². The van der Waals surface area contributed by atoms with Crippen LogP contribution in [-0.2, 0) is 0 Å². The molecule has 0 saturated heterocycles. The molecule has 0 radical (unpaired) electrons. The molecule has 42 heavy (non-hydrogen) atoms. The highest BCUT2D eigenvalue weighted by molar-refractivity contribution is 5.36. The number of hydrogen-bond donors (Lipinski definition) is 2. The third-order valence-corrected chi connectivity index (χ3v) is 9.41. The van der Waals surface area contributed by atoms with Crippen molar-refractivity contribution in [1.29, 1.82) is 0 Å². The van der Waals surface area contributed by atoms with Crippen LogP contribution in [0.1, 0.15) is 127 Å². The average Bonchev–Trinajstić information content (AvgIpc) is 2.84. The van der Waals surface area contributed by atoms with E-state index in [1.54, 1.807) is 0 Å². The van der Waals surface area contributed by atoms with E-state index >= 15 is 0 Å². The van der Waals surface area contributed by atoms with E-state index in [4.69, 9.17) is 0 Å². The molecular weight excluding hydrogens is 512 g/mol. The Hall–Kier alpha value is -2.16. The molecule has 3 atom stereocenters. The largest absolute Gasteiger partial charge is 0.393 e. The average molecular weight is 575 g/mol. The Morgan fingerprint density at radius 2 is 1.43 bits per heavy atom. The van der Waals surface area contributed by atoms with Gasteiger partial charge in [0, 0.05) is 0 Å². The van der Waals surface area contributed by atoms with Crippen LogP contribution in [0.3, 0.4) is 0 Å². The number of rotatable bonds is 13. The third kappa shape index (κ3) is 12.2. The first-order valence-corrected chi connectivity index (χ1v) is 16.4. The predicted octanol–water partition coefficient (Wildman–Crippen LogP) is 11.1. The van der Waals surface area contributed by atoms with Crippen molar-refractivity contribution in [3.05, 3.63) is 93.7 Å². The van der Waals surface area contributed by atoms with Crippen LogP contribution in [-0.4, -0.2) is 22.4 Å². The van der Waals surface area contributed by atoms with Crippen molar-refractivity contribution in [2.45, 2.75) is 139 Å². The maximum absolute atomic E-state index is 10.1. The fourth-order valence-corrected chi connectivity index (χ4v) is 7.01. The van der Waals surface area contributed by atoms with Gasteiger partial charge in [-0.1, -0.05) is 116 Å². The van der Waals surface area contributed by atoms with Crippen LogP contribution < -0.4 is 0 Å². The van der Waals surface area contributed by atoms with Crippen molar-refractivity contribution in [2.75, 3.05) is 0 Å². The van der Waals surface area contributed by atoms with E-state index in [0.717, 1.165) is 51.4 Å². The summed E-state index contributed by atoms with van der Waals surface area (Å²) < 4.78 is 0. The van der Waals surface area contributed by atoms with Gasteiger partial charge in [0.15, 0.2) is 0 Å². The lowest BCUT2D eigenvalue weighted by molar-refractivity contribution is 0.0982. The molecule has 0 saturated carbocycles. The van der Waals surface area contributed by atoms with E-state index in [9.17, 15) is 10.2 Å². The monoisotopic (exact) mass is 574 g/mol. The maximum atomic E-state index is 10.1. The van der Waals surface area contributed by atoms with Gasteiger partial charge in [-0.15, -0.1) is 0 Å². The molecule has 0 amide bonds. The highest BCUT2D eigenvalue weighted by Gasteiger charge is 2.35. The standard InChI is InChI=1S/C40H62O2/c1-29(17-13-19-31(3)21-23-37-33(5)25-35(41)27-39(37,7)8)15-11-12-16-30(2)18-14-20-32(4)22-24-38-34(6)26-36(42)28-40(38,9)10/h11-12,15-16,19-21,23,26,35-36,38,41-42H,13-14,17-18,22,24-25,27-28H2,1-10H3/b12-11+,23-21+,29-15+,30-16+,31-19+,32-20+/t35-,36-,38-/m0/s1. The van der Waals surface area contributed by atoms with Crippen LogP contribution in [0.4, 0.5) is 0 Å². The van der Waals surface area contributed by atoms with Crippen LogP contribution in [0.2, 0.25) is 0 Å². The molecule has 2 aliphatic carbocycles. The van der Waals surface area contributed by atoms with E-state index in [2.05, 4.69) is 124 Å². The lowest BCUT2D eigenvalue weighted by atomic mass is 9.66. The Labute approximate surface area is 259 Å². The van der Waals surface area contributed by atoms with E-state index in [0.29, 0.717) is 5.92 Å². The number of allylic oxidation sites excluding steroid dienone is 14. The molecular formula is C40H62O2. The molecule has 2 rings (SSSR count). The van der Waals surface area contributed by atoms with Gasteiger partial charge in [0.25, 0.3) is 0 Å². The molecule has 0 aliphatic heterocycles. The van der Waals surface area contributed by atoms with Crippen molar-refractivity contribution in [1.82, 2.24) is 0 Å². The number of aliphatic hydroxyl groups is 2. The van der Waals surface area contributed by atoms with Crippen LogP contribution in [0.5, 0.6) is 0 Å². The van der Waals surface area contributed by atoms with Gasteiger partial charge in [0.2, 0.25) is 0 Å². The van der Waals surface area contributed by atoms with Crippen LogP contribution in [0.25, 0.3) is 0 Å². The minimum atomic E-state index is -0.282. The summed E-state index contributed by atoms with van der Waals surface area (Å²) in [4.78, 5) is 0. The van der Waals surface area contributed by atoms with E-state index in [-0.39, 0.29) is 23.0 Å². The molecule has 2 aliphatic rings. The van der Waals surface area contributed by atoms with Gasteiger partial charge in [0.1, 0.15) is 0 Å². The number of aliphatic hydroxyl groups excluding tert-OH is 2. The fraction of sp³-hybridized carbons (Fsp3) is 0.600. The molecule has 234 valence electrons. The van der Waals surface area contributed by atoms with Gasteiger partial charge in [-0.3, -0.25) is 0 Å².